The zero-order chi connectivity index (χ0) is 17.4. The van der Waals surface area contributed by atoms with Gasteiger partial charge in [0.1, 0.15) is 11.9 Å². The second-order valence-electron chi connectivity index (χ2n) is 5.67. The summed E-state index contributed by atoms with van der Waals surface area (Å²) in [7, 11) is 0. The molecule has 1 heterocycles. The Morgan fingerprint density at radius 1 is 1.29 bits per heavy atom. The summed E-state index contributed by atoms with van der Waals surface area (Å²) < 4.78 is 5.87. The molecule has 1 aliphatic rings. The fourth-order valence-corrected chi connectivity index (χ4v) is 2.52. The molecular formula is C17H21N3O4. The van der Waals surface area contributed by atoms with Crippen molar-refractivity contribution in [1.29, 1.82) is 5.26 Å². The fourth-order valence-electron chi connectivity index (χ4n) is 2.52. The minimum absolute atomic E-state index is 0.0500. The van der Waals surface area contributed by atoms with Crippen LogP contribution in [-0.4, -0.2) is 47.7 Å². The van der Waals surface area contributed by atoms with Crippen molar-refractivity contribution < 1.29 is 19.4 Å². The first-order valence-electron chi connectivity index (χ1n) is 8.00. The van der Waals surface area contributed by atoms with Gasteiger partial charge in [-0.05, 0) is 30.7 Å². The van der Waals surface area contributed by atoms with Crippen LogP contribution in [0.25, 0.3) is 0 Å². The Labute approximate surface area is 140 Å². The number of carboxylic acids is 1. The van der Waals surface area contributed by atoms with Gasteiger partial charge >= 0.3 is 12.0 Å². The SMILES string of the molecule is N#Cc1ccc(OC2CCN(C(=O)NCCCC(=O)O)CC2)cc1. The molecule has 0 radical (unpaired) electrons. The van der Waals surface area contributed by atoms with Crippen LogP contribution in [0.1, 0.15) is 31.2 Å². The van der Waals surface area contributed by atoms with E-state index in [0.29, 0.717) is 31.6 Å². The molecule has 128 valence electrons. The number of carbonyl (C=O) groups excluding carboxylic acids is 1. The number of nitrogens with zero attached hydrogens (tertiary/aromatic N) is 2. The Morgan fingerprint density at radius 3 is 2.54 bits per heavy atom. The number of amides is 2. The van der Waals surface area contributed by atoms with Crippen LogP contribution >= 0.6 is 0 Å². The summed E-state index contributed by atoms with van der Waals surface area (Å²) in [4.78, 5) is 24.1. The molecule has 0 atom stereocenters. The van der Waals surface area contributed by atoms with E-state index in [9.17, 15) is 9.59 Å². The molecule has 2 N–H and O–H groups in total. The highest BCUT2D eigenvalue weighted by molar-refractivity contribution is 5.74. The molecule has 0 aromatic heterocycles. The largest absolute Gasteiger partial charge is 0.490 e. The lowest BCUT2D eigenvalue weighted by Gasteiger charge is -2.32. The monoisotopic (exact) mass is 331 g/mol. The lowest BCUT2D eigenvalue weighted by atomic mass is 10.1. The summed E-state index contributed by atoms with van der Waals surface area (Å²) >= 11 is 0. The number of hydrogen-bond acceptors (Lipinski definition) is 4. The van der Waals surface area contributed by atoms with E-state index in [4.69, 9.17) is 15.1 Å². The third-order valence-electron chi connectivity index (χ3n) is 3.86. The van der Waals surface area contributed by atoms with Gasteiger partial charge in [-0.25, -0.2) is 4.79 Å². The van der Waals surface area contributed by atoms with Gasteiger partial charge in [-0.15, -0.1) is 0 Å². The molecule has 0 spiro atoms. The number of aliphatic carboxylic acids is 1. The lowest BCUT2D eigenvalue weighted by Crippen LogP contribution is -2.46. The van der Waals surface area contributed by atoms with Gasteiger partial charge < -0.3 is 20.1 Å². The van der Waals surface area contributed by atoms with Crippen molar-refractivity contribution in [2.75, 3.05) is 19.6 Å². The molecule has 0 aliphatic carbocycles. The number of ether oxygens (including phenoxy) is 1. The van der Waals surface area contributed by atoms with E-state index in [1.165, 1.54) is 0 Å². The molecule has 24 heavy (non-hydrogen) atoms. The third-order valence-corrected chi connectivity index (χ3v) is 3.86. The van der Waals surface area contributed by atoms with Gasteiger partial charge in [-0.2, -0.15) is 5.26 Å². The highest BCUT2D eigenvalue weighted by Crippen LogP contribution is 2.19. The molecule has 0 bridgehead atoms. The zero-order valence-electron chi connectivity index (χ0n) is 13.4. The molecule has 0 saturated carbocycles. The smallest absolute Gasteiger partial charge is 0.317 e. The van der Waals surface area contributed by atoms with Crippen LogP contribution in [-0.2, 0) is 4.79 Å². The van der Waals surface area contributed by atoms with Crippen LogP contribution in [0, 0.1) is 11.3 Å². The summed E-state index contributed by atoms with van der Waals surface area (Å²) in [6.45, 7) is 1.57. The van der Waals surface area contributed by atoms with E-state index >= 15 is 0 Å². The number of carboxylic acid groups (broad SMARTS) is 1. The van der Waals surface area contributed by atoms with Gasteiger partial charge in [0.05, 0.1) is 11.6 Å². The Balaban J connectivity index is 1.69. The minimum Gasteiger partial charge on any atom is -0.490 e. The number of hydrogen-bond donors (Lipinski definition) is 2. The standard InChI is InChI=1S/C17H21N3O4/c18-12-13-3-5-14(6-4-13)24-15-7-10-20(11-8-15)17(23)19-9-1-2-16(21)22/h3-6,15H,1-2,7-11H2,(H,19,23)(H,21,22). The average molecular weight is 331 g/mol. The maximum Gasteiger partial charge on any atom is 0.317 e. The molecule has 2 amide bonds. The van der Waals surface area contributed by atoms with Crippen molar-refractivity contribution in [3.8, 4) is 11.8 Å². The number of likely N-dealkylation sites (tertiary alicyclic amines) is 1. The van der Waals surface area contributed by atoms with E-state index in [1.54, 1.807) is 29.2 Å². The first-order chi connectivity index (χ1) is 11.6. The Bertz CT molecular complexity index is 601. The lowest BCUT2D eigenvalue weighted by molar-refractivity contribution is -0.137. The fraction of sp³-hybridized carbons (Fsp3) is 0.471. The van der Waals surface area contributed by atoms with E-state index in [0.717, 1.165) is 18.6 Å². The third kappa shape index (κ3) is 5.47. The quantitative estimate of drug-likeness (QED) is 0.776. The van der Waals surface area contributed by atoms with Gasteiger partial charge in [0, 0.05) is 38.9 Å². The molecule has 1 aliphatic heterocycles. The van der Waals surface area contributed by atoms with E-state index in [2.05, 4.69) is 11.4 Å². The molecule has 7 nitrogen and oxygen atoms in total. The number of piperidine rings is 1. The second-order valence-corrected chi connectivity index (χ2v) is 5.67. The van der Waals surface area contributed by atoms with Gasteiger partial charge in [-0.1, -0.05) is 0 Å². The normalized spacial score (nSPS) is 14.7. The molecule has 1 fully saturated rings. The Morgan fingerprint density at radius 2 is 1.96 bits per heavy atom. The Kier molecular flexibility index (Phi) is 6.43. The van der Waals surface area contributed by atoms with Crippen LogP contribution in [0.2, 0.25) is 0 Å². The van der Waals surface area contributed by atoms with Crippen molar-refractivity contribution in [3.63, 3.8) is 0 Å². The first kappa shape index (κ1) is 17.6. The van der Waals surface area contributed by atoms with E-state index in [-0.39, 0.29) is 18.6 Å². The number of benzene rings is 1. The number of rotatable bonds is 6. The highest BCUT2D eigenvalue weighted by Gasteiger charge is 2.23. The van der Waals surface area contributed by atoms with Crippen LogP contribution in [0.5, 0.6) is 5.75 Å². The van der Waals surface area contributed by atoms with Gasteiger partial charge in [-0.3, -0.25) is 4.79 Å². The maximum atomic E-state index is 12.0. The zero-order valence-corrected chi connectivity index (χ0v) is 13.4. The topological polar surface area (TPSA) is 103 Å². The summed E-state index contributed by atoms with van der Waals surface area (Å²) in [6, 6.07) is 8.90. The number of urea groups is 1. The van der Waals surface area contributed by atoms with E-state index in [1.807, 2.05) is 0 Å². The van der Waals surface area contributed by atoms with Crippen molar-refractivity contribution in [2.24, 2.45) is 0 Å². The number of carbonyl (C=O) groups is 2. The molecule has 1 aromatic rings. The second kappa shape index (κ2) is 8.77. The van der Waals surface area contributed by atoms with Crippen molar-refractivity contribution in [2.45, 2.75) is 31.8 Å². The maximum absolute atomic E-state index is 12.0. The van der Waals surface area contributed by atoms with Gasteiger partial charge in [0.2, 0.25) is 0 Å². The summed E-state index contributed by atoms with van der Waals surface area (Å²) in [5, 5.41) is 20.1. The van der Waals surface area contributed by atoms with Crippen molar-refractivity contribution >= 4 is 12.0 Å². The highest BCUT2D eigenvalue weighted by atomic mass is 16.5. The molecule has 0 unspecified atom stereocenters. The molecule has 1 aromatic carbocycles. The van der Waals surface area contributed by atoms with Crippen LogP contribution in [0.15, 0.2) is 24.3 Å². The van der Waals surface area contributed by atoms with Crippen LogP contribution in [0.3, 0.4) is 0 Å². The molecule has 7 heteroatoms. The van der Waals surface area contributed by atoms with E-state index < -0.39 is 5.97 Å². The first-order valence-corrected chi connectivity index (χ1v) is 8.00. The average Bonchev–Trinajstić information content (AvgIpc) is 2.59. The molecular weight excluding hydrogens is 310 g/mol. The predicted molar refractivity (Wildman–Crippen MR) is 86.6 cm³/mol. The summed E-state index contributed by atoms with van der Waals surface area (Å²) in [5.74, 6) is -0.129. The minimum atomic E-state index is -0.856. The van der Waals surface area contributed by atoms with Gasteiger partial charge in [0.15, 0.2) is 0 Å². The molecule has 2 rings (SSSR count). The predicted octanol–water partition coefficient (Wildman–Crippen LogP) is 1.98. The molecule has 1 saturated heterocycles. The van der Waals surface area contributed by atoms with Crippen molar-refractivity contribution in [3.05, 3.63) is 29.8 Å². The summed E-state index contributed by atoms with van der Waals surface area (Å²) in [6.07, 6.45) is 2.01. The van der Waals surface area contributed by atoms with Crippen LogP contribution < -0.4 is 10.1 Å². The number of nitrogens with one attached hydrogen (secondary N) is 1. The van der Waals surface area contributed by atoms with Crippen LogP contribution in [0.4, 0.5) is 4.79 Å². The Hall–Kier alpha value is -2.75. The van der Waals surface area contributed by atoms with Gasteiger partial charge in [0.25, 0.3) is 0 Å². The summed E-state index contributed by atoms with van der Waals surface area (Å²) in [5.41, 5.74) is 0.594. The van der Waals surface area contributed by atoms with Crippen molar-refractivity contribution in [1.82, 2.24) is 10.2 Å². The number of nitriles is 1.